The predicted molar refractivity (Wildman–Crippen MR) is 127 cm³/mol. The molecule has 2 heterocycles. The molecule has 0 saturated carbocycles. The lowest BCUT2D eigenvalue weighted by atomic mass is 10.1. The number of halogens is 7. The van der Waals surface area contributed by atoms with Crippen molar-refractivity contribution in [2.45, 2.75) is 25.2 Å². The maximum absolute atomic E-state index is 13.0. The third-order valence-corrected chi connectivity index (χ3v) is 5.56. The Morgan fingerprint density at radius 1 is 0.821 bits per heavy atom. The van der Waals surface area contributed by atoms with Gasteiger partial charge in [-0.3, -0.25) is 9.78 Å². The van der Waals surface area contributed by atoms with E-state index in [4.69, 9.17) is 21.1 Å². The molecule has 0 aliphatic carbocycles. The number of ether oxygens (including phenoxy) is 2. The molecule has 0 unspecified atom stereocenters. The summed E-state index contributed by atoms with van der Waals surface area (Å²) in [5.74, 6) is -0.979. The summed E-state index contributed by atoms with van der Waals surface area (Å²) in [6.07, 6.45) is -5.65. The minimum Gasteiger partial charge on any atom is -0.464 e. The molecule has 0 radical (unpaired) electrons. The third-order valence-electron chi connectivity index (χ3n) is 5.23. The van der Waals surface area contributed by atoms with Gasteiger partial charge in [0.05, 0.1) is 17.2 Å². The van der Waals surface area contributed by atoms with Gasteiger partial charge in [-0.15, -0.1) is 0 Å². The van der Waals surface area contributed by atoms with Crippen molar-refractivity contribution >= 4 is 11.6 Å². The lowest BCUT2D eigenvalue weighted by Gasteiger charge is -2.12. The number of benzene rings is 2. The Bertz CT molecular complexity index is 1490. The van der Waals surface area contributed by atoms with Gasteiger partial charge in [0.1, 0.15) is 11.5 Å². The highest BCUT2D eigenvalue weighted by Crippen LogP contribution is 2.37. The number of aromatic amines is 1. The van der Waals surface area contributed by atoms with E-state index in [-0.39, 0.29) is 30.4 Å². The molecule has 0 fully saturated rings. The second-order valence-corrected chi connectivity index (χ2v) is 8.52. The third kappa shape index (κ3) is 7.47. The fraction of sp³-hybridized carbons (Fsp3) is 0.200. The van der Waals surface area contributed by atoms with Crippen molar-refractivity contribution in [2.24, 2.45) is 0 Å². The number of nitrogens with zero attached hydrogens (tertiary/aromatic N) is 3. The highest BCUT2D eigenvalue weighted by Gasteiger charge is 2.34. The molecule has 2 aromatic carbocycles. The quantitative estimate of drug-likeness (QED) is 0.252. The number of nitrogens with one attached hydrogen (secondary N) is 1. The van der Waals surface area contributed by atoms with E-state index in [2.05, 4.69) is 19.9 Å². The van der Waals surface area contributed by atoms with Crippen molar-refractivity contribution in [1.82, 2.24) is 19.9 Å². The van der Waals surface area contributed by atoms with Crippen LogP contribution in [0, 0.1) is 0 Å². The summed E-state index contributed by atoms with van der Waals surface area (Å²) in [5.41, 5.74) is -0.227. The molecule has 0 aliphatic heterocycles. The number of alkyl halides is 6. The van der Waals surface area contributed by atoms with E-state index in [0.29, 0.717) is 17.7 Å². The van der Waals surface area contributed by atoms with E-state index < -0.39 is 34.3 Å². The van der Waals surface area contributed by atoms with E-state index in [1.165, 1.54) is 12.3 Å². The highest BCUT2D eigenvalue weighted by atomic mass is 35.5. The average Bonchev–Trinajstić information content (AvgIpc) is 2.87. The zero-order valence-electron chi connectivity index (χ0n) is 19.6. The molecular formula is C25H17ClF6N4O3. The van der Waals surface area contributed by atoms with Crippen molar-refractivity contribution in [2.75, 3.05) is 6.61 Å². The second kappa shape index (κ2) is 11.3. The molecule has 1 N–H and O–H groups in total. The Morgan fingerprint density at radius 2 is 1.49 bits per heavy atom. The largest absolute Gasteiger partial charge is 0.464 e. The Hall–Kier alpha value is -4.13. The zero-order chi connectivity index (χ0) is 28.2. The van der Waals surface area contributed by atoms with Crippen molar-refractivity contribution in [1.29, 1.82) is 0 Å². The first-order valence-electron chi connectivity index (χ1n) is 11.1. The van der Waals surface area contributed by atoms with Gasteiger partial charge >= 0.3 is 12.4 Å². The fourth-order valence-corrected chi connectivity index (χ4v) is 3.55. The normalized spacial score (nSPS) is 11.9. The SMILES string of the molecule is O=c1[nH]c(OCCc2ccc(Oc3ccc(Cl)c(C(F)(F)F)c3)cc2)ncc1Cc1cnc(C(F)(F)F)nc1. The fourth-order valence-electron chi connectivity index (χ4n) is 3.33. The van der Waals surface area contributed by atoms with Gasteiger partial charge in [0, 0.05) is 37.0 Å². The predicted octanol–water partition coefficient (Wildman–Crippen LogP) is 6.26. The monoisotopic (exact) mass is 570 g/mol. The number of hydrogen-bond acceptors (Lipinski definition) is 6. The number of H-pyrrole nitrogens is 1. The van der Waals surface area contributed by atoms with Crippen LogP contribution in [0.3, 0.4) is 0 Å². The molecule has 14 heteroatoms. The Morgan fingerprint density at radius 3 is 2.10 bits per heavy atom. The van der Waals surface area contributed by atoms with E-state index in [9.17, 15) is 31.1 Å². The standard InChI is InChI=1S/C25H17ClF6N4O3/c26-20-6-5-18(10-19(20)24(27,28)29)39-17-3-1-14(2-4-17)7-8-38-23-35-13-16(21(37)36-23)9-15-11-33-22(34-12-15)25(30,31)32/h1-6,10-13H,7-9H2,(H,35,36,37). The van der Waals surface area contributed by atoms with Crippen LogP contribution in [-0.4, -0.2) is 26.5 Å². The summed E-state index contributed by atoms with van der Waals surface area (Å²) in [6, 6.07) is 9.77. The van der Waals surface area contributed by atoms with Crippen LogP contribution in [0.2, 0.25) is 5.02 Å². The molecule has 0 atom stereocenters. The summed E-state index contributed by atoms with van der Waals surface area (Å²) in [4.78, 5) is 25.3. The van der Waals surface area contributed by atoms with Crippen molar-refractivity contribution in [3.63, 3.8) is 0 Å². The Labute approximate surface area is 221 Å². The second-order valence-electron chi connectivity index (χ2n) is 8.12. The van der Waals surface area contributed by atoms with Gasteiger partial charge < -0.3 is 9.47 Å². The van der Waals surface area contributed by atoms with E-state index in [0.717, 1.165) is 30.1 Å². The first-order chi connectivity index (χ1) is 18.4. The molecule has 2 aromatic heterocycles. The lowest BCUT2D eigenvalue weighted by molar-refractivity contribution is -0.145. The van der Waals surface area contributed by atoms with Gasteiger partial charge in [0.2, 0.25) is 5.82 Å². The molecule has 0 spiro atoms. The first kappa shape index (κ1) is 27.9. The van der Waals surface area contributed by atoms with Gasteiger partial charge in [-0.25, -0.2) is 15.0 Å². The van der Waals surface area contributed by atoms with Gasteiger partial charge in [0.25, 0.3) is 11.6 Å². The summed E-state index contributed by atoms with van der Waals surface area (Å²) < 4.78 is 87.8. The van der Waals surface area contributed by atoms with Crippen molar-refractivity contribution < 1.29 is 35.8 Å². The van der Waals surface area contributed by atoms with Crippen LogP contribution in [0.25, 0.3) is 0 Å². The lowest BCUT2D eigenvalue weighted by Crippen LogP contribution is -2.17. The van der Waals surface area contributed by atoms with E-state index in [1.54, 1.807) is 24.3 Å². The Kier molecular flexibility index (Phi) is 8.09. The van der Waals surface area contributed by atoms with Crippen LogP contribution >= 0.6 is 11.6 Å². The van der Waals surface area contributed by atoms with Crippen LogP contribution in [0.5, 0.6) is 17.5 Å². The Balaban J connectivity index is 1.29. The minimum absolute atomic E-state index is 0.0212. The average molecular weight is 571 g/mol. The van der Waals surface area contributed by atoms with Gasteiger partial charge in [0.15, 0.2) is 0 Å². The summed E-state index contributed by atoms with van der Waals surface area (Å²) in [5, 5.41) is -0.426. The molecule has 0 bridgehead atoms. The van der Waals surface area contributed by atoms with Gasteiger partial charge in [-0.1, -0.05) is 23.7 Å². The molecular weight excluding hydrogens is 554 g/mol. The highest BCUT2D eigenvalue weighted by molar-refractivity contribution is 6.31. The maximum Gasteiger partial charge on any atom is 0.451 e. The van der Waals surface area contributed by atoms with Crippen LogP contribution in [0.1, 0.15) is 28.1 Å². The molecule has 4 rings (SSSR count). The maximum atomic E-state index is 13.0. The van der Waals surface area contributed by atoms with E-state index in [1.807, 2.05) is 0 Å². The minimum atomic E-state index is -4.66. The molecule has 0 aliphatic rings. The molecule has 7 nitrogen and oxygen atoms in total. The van der Waals surface area contributed by atoms with Crippen molar-refractivity contribution in [3.8, 4) is 17.5 Å². The summed E-state index contributed by atoms with van der Waals surface area (Å²) >= 11 is 5.62. The van der Waals surface area contributed by atoms with Crippen LogP contribution in [0.4, 0.5) is 26.3 Å². The zero-order valence-corrected chi connectivity index (χ0v) is 20.4. The number of aromatic nitrogens is 4. The molecule has 204 valence electrons. The van der Waals surface area contributed by atoms with Crippen LogP contribution < -0.4 is 15.0 Å². The van der Waals surface area contributed by atoms with E-state index >= 15 is 0 Å². The molecule has 4 aromatic rings. The van der Waals surface area contributed by atoms with Gasteiger partial charge in [-0.2, -0.15) is 26.3 Å². The molecule has 0 amide bonds. The molecule has 0 saturated heterocycles. The first-order valence-corrected chi connectivity index (χ1v) is 11.5. The smallest absolute Gasteiger partial charge is 0.451 e. The number of rotatable bonds is 8. The van der Waals surface area contributed by atoms with Gasteiger partial charge in [-0.05, 0) is 41.5 Å². The molecule has 39 heavy (non-hydrogen) atoms. The van der Waals surface area contributed by atoms with Crippen LogP contribution in [0.15, 0.2) is 65.8 Å². The number of hydrogen-bond donors (Lipinski definition) is 1. The van der Waals surface area contributed by atoms with Crippen LogP contribution in [-0.2, 0) is 25.2 Å². The topological polar surface area (TPSA) is 90.0 Å². The summed E-state index contributed by atoms with van der Waals surface area (Å²) in [7, 11) is 0. The summed E-state index contributed by atoms with van der Waals surface area (Å²) in [6.45, 7) is 0.140. The van der Waals surface area contributed by atoms with Crippen molar-refractivity contribution in [3.05, 3.63) is 105 Å².